The van der Waals surface area contributed by atoms with E-state index in [0.717, 1.165) is 43.5 Å². The van der Waals surface area contributed by atoms with Gasteiger partial charge in [0.25, 0.3) is 0 Å². The highest BCUT2D eigenvalue weighted by Crippen LogP contribution is 2.45. The number of rotatable bonds is 4. The van der Waals surface area contributed by atoms with Crippen molar-refractivity contribution in [3.8, 4) is 0 Å². The lowest BCUT2D eigenvalue weighted by Crippen LogP contribution is -2.40. The lowest BCUT2D eigenvalue weighted by molar-refractivity contribution is -0.149. The maximum Gasteiger partial charge on any atom is 0.417 e. The molecule has 1 aromatic rings. The predicted molar refractivity (Wildman–Crippen MR) is 84.6 cm³/mol. The Morgan fingerprint density at radius 1 is 1.26 bits per heavy atom. The van der Waals surface area contributed by atoms with Crippen LogP contribution in [0.1, 0.15) is 43.7 Å². The molecule has 1 aromatic carbocycles. The van der Waals surface area contributed by atoms with Crippen LogP contribution in [0.15, 0.2) is 23.1 Å². The molecule has 1 fully saturated rings. The van der Waals surface area contributed by atoms with E-state index in [0.29, 0.717) is 5.56 Å². The number of hydrogen-bond donors (Lipinski definition) is 0. The molecule has 0 radical (unpaired) electrons. The molecule has 128 valence electrons. The summed E-state index contributed by atoms with van der Waals surface area (Å²) in [6.07, 6.45) is 0.814. The predicted octanol–water partition coefficient (Wildman–Crippen LogP) is 5.05. The Hall–Kier alpha value is -1.17. The van der Waals surface area contributed by atoms with Crippen molar-refractivity contribution < 1.29 is 22.7 Å². The van der Waals surface area contributed by atoms with Gasteiger partial charge in [0.05, 0.1) is 18.1 Å². The van der Waals surface area contributed by atoms with Crippen molar-refractivity contribution in [2.24, 2.45) is 5.92 Å². The Balaban J connectivity index is 2.57. The van der Waals surface area contributed by atoms with Crippen molar-refractivity contribution in [2.75, 3.05) is 13.4 Å². The number of carbonyl (C=O) groups excluding carboxylic acids is 1. The van der Waals surface area contributed by atoms with Gasteiger partial charge in [-0.3, -0.25) is 4.79 Å². The Morgan fingerprint density at radius 3 is 2.35 bits per heavy atom. The molecule has 0 bridgehead atoms. The molecule has 23 heavy (non-hydrogen) atoms. The highest BCUT2D eigenvalue weighted by molar-refractivity contribution is 7.98. The van der Waals surface area contributed by atoms with Crippen LogP contribution in [0.25, 0.3) is 0 Å². The largest absolute Gasteiger partial charge is 0.468 e. The third-order valence-electron chi connectivity index (χ3n) is 4.89. The van der Waals surface area contributed by atoms with E-state index in [9.17, 15) is 18.0 Å². The normalized spacial score (nSPS) is 18.7. The summed E-state index contributed by atoms with van der Waals surface area (Å²) in [7, 11) is 1.29. The molecule has 1 aliphatic rings. The summed E-state index contributed by atoms with van der Waals surface area (Å²) in [4.78, 5) is 12.6. The van der Waals surface area contributed by atoms with Crippen LogP contribution in [0, 0.1) is 5.92 Å². The standard InChI is InChI=1S/C17H21F3O2S/c1-16(15(21)22-2,11-6-4-5-7-11)12-8-9-14(23-3)13(10-12)17(18,19)20/h8-11H,4-7H2,1-3H3. The van der Waals surface area contributed by atoms with Crippen molar-refractivity contribution in [3.05, 3.63) is 29.3 Å². The van der Waals surface area contributed by atoms with Gasteiger partial charge >= 0.3 is 12.1 Å². The van der Waals surface area contributed by atoms with Crippen molar-refractivity contribution >= 4 is 17.7 Å². The highest BCUT2D eigenvalue weighted by atomic mass is 32.2. The quantitative estimate of drug-likeness (QED) is 0.564. The first-order valence-corrected chi connectivity index (χ1v) is 8.81. The van der Waals surface area contributed by atoms with Gasteiger partial charge in [0.2, 0.25) is 0 Å². The molecule has 0 aliphatic heterocycles. The first kappa shape index (κ1) is 18.2. The average Bonchev–Trinajstić information content (AvgIpc) is 3.06. The molecule has 6 heteroatoms. The van der Waals surface area contributed by atoms with Gasteiger partial charge in [0, 0.05) is 4.90 Å². The molecule has 0 heterocycles. The summed E-state index contributed by atoms with van der Waals surface area (Å²) in [5, 5.41) is 0. The van der Waals surface area contributed by atoms with Gasteiger partial charge in [0.15, 0.2) is 0 Å². The Morgan fingerprint density at radius 2 is 1.87 bits per heavy atom. The molecule has 2 nitrogen and oxygen atoms in total. The average molecular weight is 346 g/mol. The minimum atomic E-state index is -4.44. The van der Waals surface area contributed by atoms with E-state index in [4.69, 9.17) is 4.74 Å². The molecular formula is C17H21F3O2S. The molecule has 1 aliphatic carbocycles. The first-order chi connectivity index (χ1) is 10.7. The molecule has 0 saturated heterocycles. The fourth-order valence-corrected chi connectivity index (χ4v) is 4.09. The lowest BCUT2D eigenvalue weighted by Gasteiger charge is -2.34. The van der Waals surface area contributed by atoms with Crippen LogP contribution in [0.5, 0.6) is 0 Å². The van der Waals surface area contributed by atoms with E-state index in [2.05, 4.69) is 0 Å². The number of ether oxygens (including phenoxy) is 1. The van der Waals surface area contributed by atoms with Gasteiger partial charge in [-0.15, -0.1) is 11.8 Å². The fourth-order valence-electron chi connectivity index (χ4n) is 3.49. The summed E-state index contributed by atoms with van der Waals surface area (Å²) in [5.41, 5.74) is -1.33. The van der Waals surface area contributed by atoms with Crippen LogP contribution < -0.4 is 0 Å². The van der Waals surface area contributed by atoms with Crippen LogP contribution in [-0.2, 0) is 21.1 Å². The molecule has 0 spiro atoms. The second-order valence-corrected chi connectivity index (χ2v) is 6.94. The van der Waals surface area contributed by atoms with E-state index >= 15 is 0 Å². The van der Waals surface area contributed by atoms with Gasteiger partial charge in [-0.1, -0.05) is 18.9 Å². The number of esters is 1. The molecule has 1 saturated carbocycles. The van der Waals surface area contributed by atoms with Crippen molar-refractivity contribution in [1.29, 1.82) is 0 Å². The molecule has 0 amide bonds. The van der Waals surface area contributed by atoms with Crippen LogP contribution >= 0.6 is 11.8 Å². The van der Waals surface area contributed by atoms with Gasteiger partial charge < -0.3 is 4.74 Å². The smallest absolute Gasteiger partial charge is 0.417 e. The third-order valence-corrected chi connectivity index (χ3v) is 5.68. The van der Waals surface area contributed by atoms with E-state index in [-0.39, 0.29) is 10.8 Å². The molecule has 1 atom stereocenters. The lowest BCUT2D eigenvalue weighted by atomic mass is 9.70. The zero-order chi connectivity index (χ0) is 17.3. The molecule has 2 rings (SSSR count). The summed E-state index contributed by atoms with van der Waals surface area (Å²) >= 11 is 1.05. The van der Waals surface area contributed by atoms with Crippen molar-refractivity contribution in [2.45, 2.75) is 49.1 Å². The molecular weight excluding hydrogens is 325 g/mol. The van der Waals surface area contributed by atoms with Gasteiger partial charge in [-0.2, -0.15) is 13.2 Å². The summed E-state index contributed by atoms with van der Waals surface area (Å²) in [5.74, 6) is -0.453. The molecule has 1 unspecified atom stereocenters. The summed E-state index contributed by atoms with van der Waals surface area (Å²) < 4.78 is 44.9. The zero-order valence-corrected chi connectivity index (χ0v) is 14.3. The maximum absolute atomic E-state index is 13.3. The SMILES string of the molecule is COC(=O)C(C)(c1ccc(SC)c(C(F)(F)F)c1)C1CCCC1. The number of methoxy groups -OCH3 is 1. The maximum atomic E-state index is 13.3. The van der Waals surface area contributed by atoms with Crippen LogP contribution in [0.2, 0.25) is 0 Å². The number of thioether (sulfide) groups is 1. The Kier molecular flexibility index (Phi) is 5.33. The van der Waals surface area contributed by atoms with Crippen molar-refractivity contribution in [1.82, 2.24) is 0 Å². The number of benzene rings is 1. The van der Waals surface area contributed by atoms with E-state index in [1.165, 1.54) is 13.2 Å². The highest BCUT2D eigenvalue weighted by Gasteiger charge is 2.46. The van der Waals surface area contributed by atoms with E-state index in [1.54, 1.807) is 19.2 Å². The number of hydrogen-bond acceptors (Lipinski definition) is 3. The minimum absolute atomic E-state index is 0.0103. The molecule has 0 N–H and O–H groups in total. The third kappa shape index (κ3) is 3.37. The second kappa shape index (κ2) is 6.75. The van der Waals surface area contributed by atoms with Crippen LogP contribution in [0.3, 0.4) is 0 Å². The van der Waals surface area contributed by atoms with Crippen LogP contribution in [-0.4, -0.2) is 19.3 Å². The van der Waals surface area contributed by atoms with E-state index < -0.39 is 23.1 Å². The van der Waals surface area contributed by atoms with Gasteiger partial charge in [0.1, 0.15) is 0 Å². The van der Waals surface area contributed by atoms with E-state index in [1.807, 2.05) is 0 Å². The fraction of sp³-hybridized carbons (Fsp3) is 0.588. The number of alkyl halides is 3. The Labute approximate surface area is 138 Å². The number of carbonyl (C=O) groups is 1. The minimum Gasteiger partial charge on any atom is -0.468 e. The summed E-state index contributed by atoms with van der Waals surface area (Å²) in [6.45, 7) is 1.71. The monoisotopic (exact) mass is 346 g/mol. The molecule has 0 aromatic heterocycles. The van der Waals surface area contributed by atoms with Crippen LogP contribution in [0.4, 0.5) is 13.2 Å². The second-order valence-electron chi connectivity index (χ2n) is 6.09. The summed E-state index contributed by atoms with van der Waals surface area (Å²) in [6, 6.07) is 4.22. The first-order valence-electron chi connectivity index (χ1n) is 7.59. The van der Waals surface area contributed by atoms with Gasteiger partial charge in [-0.25, -0.2) is 0 Å². The topological polar surface area (TPSA) is 26.3 Å². The Bertz CT molecular complexity index is 580. The van der Waals surface area contributed by atoms with Gasteiger partial charge in [-0.05, 0) is 49.6 Å². The zero-order valence-electron chi connectivity index (χ0n) is 13.5. The van der Waals surface area contributed by atoms with Crippen molar-refractivity contribution in [3.63, 3.8) is 0 Å². The number of halogens is 3.